The van der Waals surface area contributed by atoms with Crippen LogP contribution in [0.1, 0.15) is 32.2 Å². The first kappa shape index (κ1) is 22.3. The van der Waals surface area contributed by atoms with Crippen molar-refractivity contribution in [2.45, 2.75) is 6.54 Å². The number of hydrogen-bond donors (Lipinski definition) is 2. The number of ketones is 1. The Morgan fingerprint density at radius 3 is 2.56 bits per heavy atom. The zero-order chi connectivity index (χ0) is 22.7. The molecule has 0 bridgehead atoms. The second-order valence-corrected chi connectivity index (χ2v) is 7.89. The fourth-order valence-corrected chi connectivity index (χ4v) is 3.58. The maximum atomic E-state index is 14.3. The lowest BCUT2D eigenvalue weighted by Crippen LogP contribution is -2.36. The molecule has 1 aliphatic heterocycles. The van der Waals surface area contributed by atoms with Crippen LogP contribution in [-0.2, 0) is 11.3 Å². The van der Waals surface area contributed by atoms with Gasteiger partial charge in [0, 0.05) is 24.8 Å². The number of halogens is 3. The standard InChI is InChI=1S/C21H18Cl2FN5O3/c22-14-1-2-15(23)19(24)18(14)20(30)12-7-16(25-8-12)21(31)28-13-9-26-17(27-10-13)11-29-3-5-32-6-4-29/h1-2,7-10,25H,3-6,11H2,(H,28,31). The molecule has 1 saturated heterocycles. The van der Waals surface area contributed by atoms with Crippen LogP contribution in [0.25, 0.3) is 0 Å². The van der Waals surface area contributed by atoms with Gasteiger partial charge in [0.2, 0.25) is 0 Å². The van der Waals surface area contributed by atoms with Crippen LogP contribution < -0.4 is 5.32 Å². The average molecular weight is 478 g/mol. The van der Waals surface area contributed by atoms with E-state index < -0.39 is 17.5 Å². The van der Waals surface area contributed by atoms with Crippen molar-refractivity contribution in [3.8, 4) is 0 Å². The number of aromatic nitrogens is 3. The summed E-state index contributed by atoms with van der Waals surface area (Å²) in [5, 5.41) is 2.36. The van der Waals surface area contributed by atoms with E-state index in [9.17, 15) is 14.0 Å². The molecule has 11 heteroatoms. The zero-order valence-corrected chi connectivity index (χ0v) is 18.2. The van der Waals surface area contributed by atoms with Crippen LogP contribution in [-0.4, -0.2) is 57.8 Å². The lowest BCUT2D eigenvalue weighted by Gasteiger charge is -2.25. The topological polar surface area (TPSA) is 100 Å². The fraction of sp³-hybridized carbons (Fsp3) is 0.238. The Labute approximate surface area is 192 Å². The maximum absolute atomic E-state index is 14.3. The molecule has 0 atom stereocenters. The second-order valence-electron chi connectivity index (χ2n) is 7.08. The second kappa shape index (κ2) is 9.74. The Bertz CT molecular complexity index is 1150. The van der Waals surface area contributed by atoms with Gasteiger partial charge < -0.3 is 15.0 Å². The Morgan fingerprint density at radius 2 is 1.84 bits per heavy atom. The van der Waals surface area contributed by atoms with E-state index >= 15 is 0 Å². The molecule has 1 fully saturated rings. The molecule has 166 valence electrons. The maximum Gasteiger partial charge on any atom is 0.272 e. The highest BCUT2D eigenvalue weighted by Gasteiger charge is 2.22. The molecule has 1 amide bonds. The van der Waals surface area contributed by atoms with E-state index in [1.807, 2.05) is 0 Å². The third kappa shape index (κ3) is 4.97. The van der Waals surface area contributed by atoms with Crippen LogP contribution >= 0.6 is 23.2 Å². The SMILES string of the molecule is O=C(Nc1cnc(CN2CCOCC2)nc1)c1cc(C(=O)c2c(Cl)ccc(Cl)c2F)c[nH]1. The third-order valence-corrected chi connectivity index (χ3v) is 5.50. The summed E-state index contributed by atoms with van der Waals surface area (Å²) < 4.78 is 19.6. The van der Waals surface area contributed by atoms with Crippen LogP contribution in [0.3, 0.4) is 0 Å². The summed E-state index contributed by atoms with van der Waals surface area (Å²) >= 11 is 11.7. The lowest BCUT2D eigenvalue weighted by molar-refractivity contribution is 0.0330. The molecule has 0 spiro atoms. The third-order valence-electron chi connectivity index (χ3n) is 4.89. The predicted molar refractivity (Wildman–Crippen MR) is 117 cm³/mol. The first-order valence-electron chi connectivity index (χ1n) is 9.71. The average Bonchev–Trinajstić information content (AvgIpc) is 3.29. The summed E-state index contributed by atoms with van der Waals surface area (Å²) in [5.41, 5.74) is 0.209. The number of anilines is 1. The van der Waals surface area contributed by atoms with Crippen molar-refractivity contribution in [2.75, 3.05) is 31.6 Å². The van der Waals surface area contributed by atoms with Crippen molar-refractivity contribution < 1.29 is 18.7 Å². The van der Waals surface area contributed by atoms with Crippen LogP contribution in [0.4, 0.5) is 10.1 Å². The Morgan fingerprint density at radius 1 is 1.16 bits per heavy atom. The number of morpholine rings is 1. The van der Waals surface area contributed by atoms with E-state index in [2.05, 4.69) is 25.2 Å². The van der Waals surface area contributed by atoms with E-state index in [4.69, 9.17) is 27.9 Å². The summed E-state index contributed by atoms with van der Waals surface area (Å²) in [6.45, 7) is 3.61. The number of nitrogens with one attached hydrogen (secondary N) is 2. The smallest absolute Gasteiger partial charge is 0.272 e. The van der Waals surface area contributed by atoms with E-state index in [-0.39, 0.29) is 26.9 Å². The summed E-state index contributed by atoms with van der Waals surface area (Å²) in [7, 11) is 0. The summed E-state index contributed by atoms with van der Waals surface area (Å²) in [6.07, 6.45) is 4.32. The van der Waals surface area contributed by atoms with Gasteiger partial charge in [-0.2, -0.15) is 0 Å². The molecule has 2 aromatic heterocycles. The first-order valence-corrected chi connectivity index (χ1v) is 10.5. The normalized spacial score (nSPS) is 14.3. The van der Waals surface area contributed by atoms with Gasteiger partial charge in [-0.15, -0.1) is 0 Å². The molecular formula is C21H18Cl2FN5O3. The molecule has 0 unspecified atom stereocenters. The van der Waals surface area contributed by atoms with Gasteiger partial charge in [-0.3, -0.25) is 14.5 Å². The van der Waals surface area contributed by atoms with Crippen LogP contribution in [0.2, 0.25) is 10.0 Å². The van der Waals surface area contributed by atoms with Gasteiger partial charge in [-0.05, 0) is 18.2 Å². The van der Waals surface area contributed by atoms with Gasteiger partial charge in [0.1, 0.15) is 11.5 Å². The first-order chi connectivity index (χ1) is 15.4. The highest BCUT2D eigenvalue weighted by molar-refractivity contribution is 6.37. The van der Waals surface area contributed by atoms with E-state index in [1.165, 1.54) is 36.8 Å². The number of aromatic amines is 1. The minimum Gasteiger partial charge on any atom is -0.379 e. The molecule has 2 N–H and O–H groups in total. The summed E-state index contributed by atoms with van der Waals surface area (Å²) in [4.78, 5) is 38.6. The number of H-pyrrole nitrogens is 1. The van der Waals surface area contributed by atoms with Gasteiger partial charge in [0.25, 0.3) is 5.91 Å². The van der Waals surface area contributed by atoms with Crippen molar-refractivity contribution in [3.05, 3.63) is 75.3 Å². The molecule has 0 aliphatic carbocycles. The number of hydrogen-bond acceptors (Lipinski definition) is 6. The molecule has 0 radical (unpaired) electrons. The van der Waals surface area contributed by atoms with Crippen molar-refractivity contribution in [3.63, 3.8) is 0 Å². The minimum atomic E-state index is -0.911. The molecule has 8 nitrogen and oxygen atoms in total. The molecule has 3 heterocycles. The molecule has 1 aromatic carbocycles. The Kier molecular flexibility index (Phi) is 6.80. The quantitative estimate of drug-likeness (QED) is 0.415. The van der Waals surface area contributed by atoms with Gasteiger partial charge in [-0.25, -0.2) is 14.4 Å². The molecule has 4 rings (SSSR count). The molecule has 3 aromatic rings. The number of carbonyl (C=O) groups is 2. The molecular weight excluding hydrogens is 460 g/mol. The zero-order valence-electron chi connectivity index (χ0n) is 16.7. The predicted octanol–water partition coefficient (Wildman–Crippen LogP) is 3.57. The van der Waals surface area contributed by atoms with Gasteiger partial charge in [0.15, 0.2) is 11.6 Å². The molecule has 1 aliphatic rings. The number of amides is 1. The Hall–Kier alpha value is -2.85. The van der Waals surface area contributed by atoms with Gasteiger partial charge >= 0.3 is 0 Å². The number of ether oxygens (including phenoxy) is 1. The van der Waals surface area contributed by atoms with Crippen LogP contribution in [0, 0.1) is 5.82 Å². The van der Waals surface area contributed by atoms with Crippen molar-refractivity contribution in [1.29, 1.82) is 0 Å². The van der Waals surface area contributed by atoms with E-state index in [0.717, 1.165) is 13.1 Å². The van der Waals surface area contributed by atoms with Crippen molar-refractivity contribution in [2.24, 2.45) is 0 Å². The largest absolute Gasteiger partial charge is 0.379 e. The number of benzene rings is 1. The van der Waals surface area contributed by atoms with Gasteiger partial charge in [0.05, 0.1) is 53.4 Å². The molecule has 32 heavy (non-hydrogen) atoms. The van der Waals surface area contributed by atoms with Crippen molar-refractivity contribution >= 4 is 40.6 Å². The number of carbonyl (C=O) groups excluding carboxylic acids is 2. The summed E-state index contributed by atoms with van der Waals surface area (Å²) in [5.74, 6) is -1.48. The minimum absolute atomic E-state index is 0.0651. The van der Waals surface area contributed by atoms with Crippen LogP contribution in [0.5, 0.6) is 0 Å². The summed E-state index contributed by atoms with van der Waals surface area (Å²) in [6, 6.07) is 3.91. The van der Waals surface area contributed by atoms with E-state index in [0.29, 0.717) is 31.3 Å². The number of nitrogens with zero attached hydrogens (tertiary/aromatic N) is 3. The van der Waals surface area contributed by atoms with Crippen LogP contribution in [0.15, 0.2) is 36.8 Å². The van der Waals surface area contributed by atoms with E-state index in [1.54, 1.807) is 0 Å². The lowest BCUT2D eigenvalue weighted by atomic mass is 10.0. The number of rotatable bonds is 6. The highest BCUT2D eigenvalue weighted by Crippen LogP contribution is 2.28. The monoisotopic (exact) mass is 477 g/mol. The molecule has 0 saturated carbocycles. The van der Waals surface area contributed by atoms with Crippen molar-refractivity contribution in [1.82, 2.24) is 19.9 Å². The highest BCUT2D eigenvalue weighted by atomic mass is 35.5. The Balaban J connectivity index is 1.42. The fourth-order valence-electron chi connectivity index (χ4n) is 3.19. The van der Waals surface area contributed by atoms with Gasteiger partial charge in [-0.1, -0.05) is 23.2 Å².